The maximum absolute atomic E-state index is 13.8. The summed E-state index contributed by atoms with van der Waals surface area (Å²) in [6.07, 6.45) is 1.33. The van der Waals surface area contributed by atoms with Gasteiger partial charge in [-0.15, -0.1) is 0 Å². The minimum atomic E-state index is -0.981. The Morgan fingerprint density at radius 2 is 2.09 bits per heavy atom. The van der Waals surface area contributed by atoms with E-state index in [1.54, 1.807) is 20.8 Å². The van der Waals surface area contributed by atoms with Gasteiger partial charge in [0.05, 0.1) is 18.8 Å². The van der Waals surface area contributed by atoms with Gasteiger partial charge in [0.25, 0.3) is 5.91 Å². The number of carbonyl (C=O) groups excluding carboxylic acids is 1. The third-order valence-electron chi connectivity index (χ3n) is 5.09. The van der Waals surface area contributed by atoms with Crippen molar-refractivity contribution in [2.24, 2.45) is 0 Å². The predicted molar refractivity (Wildman–Crippen MR) is 108 cm³/mol. The van der Waals surface area contributed by atoms with Crippen LogP contribution in [0.4, 0.5) is 4.39 Å². The standard InChI is InChI=1S/C20H21FN6O4.Na.H2O/c1-11-23-10-24-27(11)14-8-13(21)5-4-12(14)9-22-17(29)15-16(28)18(30)26-6-7-31-20(2,3)19(26)25-15;;/h4-5,8,10,28H,6-7,9H2,1-3H3,(H,22,29);;1H2/q;+1;/p-1. The zero-order valence-electron chi connectivity index (χ0n) is 18.7. The summed E-state index contributed by atoms with van der Waals surface area (Å²) in [5, 5.41) is 19.1. The number of aryl methyl sites for hydroxylation is 1. The van der Waals surface area contributed by atoms with E-state index in [9.17, 15) is 19.1 Å². The zero-order chi connectivity index (χ0) is 22.3. The summed E-state index contributed by atoms with van der Waals surface area (Å²) in [5.41, 5.74) is -1.31. The van der Waals surface area contributed by atoms with Crippen LogP contribution in [0.3, 0.4) is 0 Å². The molecule has 11 nitrogen and oxygen atoms in total. The van der Waals surface area contributed by atoms with Gasteiger partial charge < -0.3 is 20.6 Å². The second kappa shape index (κ2) is 10.1. The molecule has 33 heavy (non-hydrogen) atoms. The monoisotopic (exact) mass is 468 g/mol. The summed E-state index contributed by atoms with van der Waals surface area (Å²) in [5.74, 6) is -1.52. The molecule has 0 saturated carbocycles. The van der Waals surface area contributed by atoms with E-state index in [1.807, 2.05) is 0 Å². The van der Waals surface area contributed by atoms with Gasteiger partial charge in [-0.1, -0.05) is 6.07 Å². The molecular formula is C20H22FN6NaO5. The smallest absolute Gasteiger partial charge is 0.867 e. The van der Waals surface area contributed by atoms with Crippen molar-refractivity contribution >= 4 is 5.91 Å². The number of carbonyl (C=O) groups is 1. The van der Waals surface area contributed by atoms with Gasteiger partial charge in [0, 0.05) is 6.54 Å². The number of nitrogens with zero attached hydrogens (tertiary/aromatic N) is 5. The van der Waals surface area contributed by atoms with Gasteiger partial charge >= 0.3 is 29.6 Å². The van der Waals surface area contributed by atoms with E-state index in [4.69, 9.17) is 4.74 Å². The number of ether oxygens (including phenoxy) is 1. The van der Waals surface area contributed by atoms with E-state index in [-0.39, 0.29) is 60.6 Å². The number of fused-ring (bicyclic) bond motifs is 1. The molecule has 0 bridgehead atoms. The fourth-order valence-electron chi connectivity index (χ4n) is 3.49. The first-order valence-corrected chi connectivity index (χ1v) is 9.59. The molecule has 0 aliphatic carbocycles. The molecule has 0 fully saturated rings. The minimum absolute atomic E-state index is 0. The molecule has 13 heteroatoms. The molecule has 1 aromatic carbocycles. The number of amides is 1. The molecule has 0 unspecified atom stereocenters. The largest absolute Gasteiger partial charge is 1.00 e. The summed E-state index contributed by atoms with van der Waals surface area (Å²) in [6, 6.07) is 4.02. The second-order valence-electron chi connectivity index (χ2n) is 7.60. The van der Waals surface area contributed by atoms with Crippen LogP contribution in [0, 0.1) is 12.7 Å². The van der Waals surface area contributed by atoms with Gasteiger partial charge in [0.15, 0.2) is 0 Å². The molecule has 1 aliphatic rings. The molecule has 1 aliphatic heterocycles. The third-order valence-corrected chi connectivity index (χ3v) is 5.09. The summed E-state index contributed by atoms with van der Waals surface area (Å²) < 4.78 is 22.1. The van der Waals surface area contributed by atoms with E-state index in [1.165, 1.54) is 33.8 Å². The van der Waals surface area contributed by atoms with Gasteiger partial charge in [0.1, 0.15) is 35.1 Å². The normalized spacial score (nSPS) is 13.9. The maximum Gasteiger partial charge on any atom is 1.00 e. The van der Waals surface area contributed by atoms with Gasteiger partial charge in [-0.2, -0.15) is 5.10 Å². The second-order valence-corrected chi connectivity index (χ2v) is 7.60. The molecule has 2 aromatic heterocycles. The molecule has 0 radical (unpaired) electrons. The van der Waals surface area contributed by atoms with Crippen molar-refractivity contribution in [1.82, 2.24) is 29.6 Å². The van der Waals surface area contributed by atoms with Gasteiger partial charge in [0.2, 0.25) is 5.56 Å². The molecule has 0 spiro atoms. The van der Waals surface area contributed by atoms with E-state index < -0.39 is 34.3 Å². The van der Waals surface area contributed by atoms with Crippen LogP contribution < -0.4 is 45.5 Å². The molecule has 4 rings (SSSR count). The third kappa shape index (κ3) is 4.99. The predicted octanol–water partition coefficient (Wildman–Crippen LogP) is -3.28. The number of benzene rings is 1. The Hall–Kier alpha value is -2.64. The van der Waals surface area contributed by atoms with Gasteiger partial charge in [-0.05, 0) is 44.2 Å². The average Bonchev–Trinajstić information content (AvgIpc) is 3.15. The van der Waals surface area contributed by atoms with Crippen molar-refractivity contribution in [2.45, 2.75) is 39.5 Å². The number of hydrogen-bond donors (Lipinski definition) is 1. The molecule has 0 saturated heterocycles. The SMILES string of the molecule is Cc1ncnn1-c1cc(F)ccc1CNC(=O)c1nc2n(c(=O)c1[O-])CCOC2(C)C.O.[Na+]. The fraction of sp³-hybridized carbons (Fsp3) is 0.350. The molecular weight excluding hydrogens is 446 g/mol. The fourth-order valence-corrected chi connectivity index (χ4v) is 3.49. The summed E-state index contributed by atoms with van der Waals surface area (Å²) in [7, 11) is 0. The number of hydrogen-bond acceptors (Lipinski definition) is 7. The maximum atomic E-state index is 13.8. The number of rotatable bonds is 4. The number of aromatic nitrogens is 5. The first-order valence-electron chi connectivity index (χ1n) is 9.59. The minimum Gasteiger partial charge on any atom is -0.867 e. The van der Waals surface area contributed by atoms with Crippen LogP contribution in [-0.4, -0.2) is 42.3 Å². The topological polar surface area (TPSA) is 158 Å². The van der Waals surface area contributed by atoms with Crippen LogP contribution in [0.5, 0.6) is 5.75 Å². The molecule has 0 atom stereocenters. The summed E-state index contributed by atoms with van der Waals surface area (Å²) in [6.45, 7) is 5.54. The van der Waals surface area contributed by atoms with E-state index >= 15 is 0 Å². The summed E-state index contributed by atoms with van der Waals surface area (Å²) in [4.78, 5) is 33.4. The Labute approximate surface area is 210 Å². The van der Waals surface area contributed by atoms with Gasteiger partial charge in [-0.3, -0.25) is 14.2 Å². The first-order chi connectivity index (χ1) is 14.7. The van der Waals surface area contributed by atoms with Crippen LogP contribution >= 0.6 is 0 Å². The molecule has 3 heterocycles. The average molecular weight is 468 g/mol. The van der Waals surface area contributed by atoms with Crippen LogP contribution in [0.15, 0.2) is 29.3 Å². The van der Waals surface area contributed by atoms with Crippen molar-refractivity contribution in [3.05, 3.63) is 63.6 Å². The Kier molecular flexibility index (Phi) is 8.14. The van der Waals surface area contributed by atoms with Crippen molar-refractivity contribution in [1.29, 1.82) is 0 Å². The van der Waals surface area contributed by atoms with Gasteiger partial charge in [-0.25, -0.2) is 19.0 Å². The Bertz CT molecular complexity index is 1240. The van der Waals surface area contributed by atoms with E-state index in [0.717, 1.165) is 0 Å². The van der Waals surface area contributed by atoms with Crippen molar-refractivity contribution < 1.29 is 54.1 Å². The zero-order valence-corrected chi connectivity index (χ0v) is 20.7. The van der Waals surface area contributed by atoms with E-state index in [0.29, 0.717) is 17.1 Å². The van der Waals surface area contributed by atoms with Crippen LogP contribution in [0.25, 0.3) is 5.69 Å². The van der Waals surface area contributed by atoms with Crippen molar-refractivity contribution in [3.8, 4) is 11.4 Å². The quantitative estimate of drug-likeness (QED) is 0.393. The van der Waals surface area contributed by atoms with Crippen LogP contribution in [0.1, 0.15) is 41.5 Å². The number of nitrogens with one attached hydrogen (secondary N) is 1. The molecule has 1 amide bonds. The van der Waals surface area contributed by atoms with Crippen molar-refractivity contribution in [3.63, 3.8) is 0 Å². The van der Waals surface area contributed by atoms with E-state index in [2.05, 4.69) is 20.4 Å². The van der Waals surface area contributed by atoms with Crippen molar-refractivity contribution in [2.75, 3.05) is 6.61 Å². The Balaban J connectivity index is 0.00000193. The molecule has 170 valence electrons. The van der Waals surface area contributed by atoms with Crippen LogP contribution in [0.2, 0.25) is 0 Å². The Morgan fingerprint density at radius 3 is 2.76 bits per heavy atom. The molecule has 3 N–H and O–H groups in total. The first kappa shape index (κ1) is 26.6. The summed E-state index contributed by atoms with van der Waals surface area (Å²) >= 11 is 0. The Morgan fingerprint density at radius 1 is 1.36 bits per heavy atom. The van der Waals surface area contributed by atoms with Crippen LogP contribution in [-0.2, 0) is 23.4 Å². The molecule has 3 aromatic rings. The number of halogens is 1.